The van der Waals surface area contributed by atoms with Crippen LogP contribution in [0.2, 0.25) is 0 Å². The first kappa shape index (κ1) is 27.8. The van der Waals surface area contributed by atoms with Gasteiger partial charge in [-0.1, -0.05) is 19.1 Å². The van der Waals surface area contributed by atoms with Crippen LogP contribution >= 0.6 is 0 Å². The highest BCUT2D eigenvalue weighted by molar-refractivity contribution is 5.97. The van der Waals surface area contributed by atoms with E-state index in [4.69, 9.17) is 4.74 Å². The van der Waals surface area contributed by atoms with Crippen LogP contribution in [0.15, 0.2) is 36.4 Å². The highest BCUT2D eigenvalue weighted by atomic mass is 19.4. The molecule has 0 aliphatic carbocycles. The summed E-state index contributed by atoms with van der Waals surface area (Å²) in [5.41, 5.74) is -3.10. The minimum Gasteiger partial charge on any atom is -0.381 e. The highest BCUT2D eigenvalue weighted by Crippen LogP contribution is 2.36. The molecule has 0 saturated carbocycles. The van der Waals surface area contributed by atoms with E-state index in [1.54, 1.807) is 13.8 Å². The Labute approximate surface area is 213 Å². The molecule has 4 atom stereocenters. The molecule has 0 spiro atoms. The van der Waals surface area contributed by atoms with Gasteiger partial charge in [-0.15, -0.1) is 0 Å². The Hall–Kier alpha value is -3.22. The molecule has 1 aromatic carbocycles. The van der Waals surface area contributed by atoms with Crippen molar-refractivity contribution in [2.75, 3.05) is 13.2 Å². The second kappa shape index (κ2) is 10.2. The molecule has 13 heteroatoms. The average molecular weight is 547 g/mol. The summed E-state index contributed by atoms with van der Waals surface area (Å²) in [5.74, 6) is -3.40. The van der Waals surface area contributed by atoms with Gasteiger partial charge in [-0.3, -0.25) is 9.59 Å². The number of carbonyl (C=O) groups is 2. The van der Waals surface area contributed by atoms with Crippen molar-refractivity contribution in [3.8, 4) is 0 Å². The number of carbonyl (C=O) groups excluding carboxylic acids is 2. The summed E-state index contributed by atoms with van der Waals surface area (Å²) in [5, 5.41) is 2.65. The van der Waals surface area contributed by atoms with Crippen molar-refractivity contribution in [2.45, 2.75) is 50.7 Å². The number of hydrogen-bond acceptors (Lipinski definition) is 4. The summed E-state index contributed by atoms with van der Waals surface area (Å²) in [4.78, 5) is 31.3. The van der Waals surface area contributed by atoms with Crippen LogP contribution in [0.1, 0.15) is 53.6 Å². The molecule has 4 rings (SSSR count). The third-order valence-corrected chi connectivity index (χ3v) is 7.08. The van der Waals surface area contributed by atoms with Crippen LogP contribution < -0.4 is 5.32 Å². The van der Waals surface area contributed by atoms with Gasteiger partial charge in [-0.2, -0.15) is 26.3 Å². The minimum absolute atomic E-state index is 0.125. The molecule has 2 fully saturated rings. The number of amides is 2. The summed E-state index contributed by atoms with van der Waals surface area (Å²) in [6.07, 6.45) is -9.37. The molecule has 2 saturated heterocycles. The fourth-order valence-corrected chi connectivity index (χ4v) is 4.73. The lowest BCUT2D eigenvalue weighted by Crippen LogP contribution is -2.51. The van der Waals surface area contributed by atoms with Crippen LogP contribution in [0.3, 0.4) is 0 Å². The number of rotatable bonds is 5. The molecule has 1 aromatic heterocycles. The van der Waals surface area contributed by atoms with E-state index in [1.807, 2.05) is 0 Å². The SMILES string of the molecule is C[C@@H]1C[C@H](C(=O)NC(c2ccc(C(F)(F)F)cc2F)C2COC2)N(C(=O)c2cccc(C(F)(F)F)n2)[C@@H]1C. The topological polar surface area (TPSA) is 71.5 Å². The zero-order chi connectivity index (χ0) is 28.0. The van der Waals surface area contributed by atoms with Gasteiger partial charge in [0.25, 0.3) is 5.91 Å². The molecule has 2 aliphatic heterocycles. The number of likely N-dealkylation sites (tertiary alicyclic amines) is 1. The van der Waals surface area contributed by atoms with Crippen molar-refractivity contribution in [3.05, 3.63) is 64.7 Å². The second-order valence-corrected chi connectivity index (χ2v) is 9.61. The van der Waals surface area contributed by atoms with E-state index >= 15 is 0 Å². The minimum atomic E-state index is -4.78. The zero-order valence-electron chi connectivity index (χ0n) is 20.2. The molecule has 2 aliphatic rings. The molecule has 1 N–H and O–H groups in total. The molecule has 206 valence electrons. The molecule has 6 nitrogen and oxygen atoms in total. The second-order valence-electron chi connectivity index (χ2n) is 9.61. The monoisotopic (exact) mass is 547 g/mol. The molecule has 0 bridgehead atoms. The smallest absolute Gasteiger partial charge is 0.381 e. The number of nitrogens with zero attached hydrogens (tertiary/aromatic N) is 2. The van der Waals surface area contributed by atoms with E-state index in [2.05, 4.69) is 10.3 Å². The van der Waals surface area contributed by atoms with Gasteiger partial charge in [-0.25, -0.2) is 9.37 Å². The van der Waals surface area contributed by atoms with Crippen LogP contribution in [0.4, 0.5) is 30.7 Å². The van der Waals surface area contributed by atoms with Gasteiger partial charge in [0.1, 0.15) is 23.2 Å². The Kier molecular flexibility index (Phi) is 7.43. The van der Waals surface area contributed by atoms with Crippen LogP contribution in [0, 0.1) is 17.7 Å². The van der Waals surface area contributed by atoms with E-state index in [1.165, 1.54) is 0 Å². The van der Waals surface area contributed by atoms with E-state index in [0.717, 1.165) is 29.2 Å². The summed E-state index contributed by atoms with van der Waals surface area (Å²) >= 11 is 0. The Balaban J connectivity index is 1.61. The third kappa shape index (κ3) is 5.47. The predicted octanol–water partition coefficient (Wildman–Crippen LogP) is 5.00. The van der Waals surface area contributed by atoms with Crippen LogP contribution in [-0.2, 0) is 21.9 Å². The van der Waals surface area contributed by atoms with Crippen LogP contribution in [0.5, 0.6) is 0 Å². The van der Waals surface area contributed by atoms with Gasteiger partial charge >= 0.3 is 12.4 Å². The first-order chi connectivity index (χ1) is 17.7. The van der Waals surface area contributed by atoms with Crippen molar-refractivity contribution in [1.29, 1.82) is 0 Å². The van der Waals surface area contributed by atoms with Gasteiger partial charge in [0.15, 0.2) is 0 Å². The molecule has 1 unspecified atom stereocenters. The van der Waals surface area contributed by atoms with Gasteiger partial charge in [-0.05, 0) is 43.5 Å². The molecule has 38 heavy (non-hydrogen) atoms. The number of hydrogen-bond donors (Lipinski definition) is 1. The highest BCUT2D eigenvalue weighted by Gasteiger charge is 2.45. The molecular weight excluding hydrogens is 523 g/mol. The number of alkyl halides is 6. The van der Waals surface area contributed by atoms with Crippen molar-refractivity contribution >= 4 is 11.8 Å². The number of aromatic nitrogens is 1. The number of pyridine rings is 1. The first-order valence-corrected chi connectivity index (χ1v) is 11.8. The van der Waals surface area contributed by atoms with Crippen molar-refractivity contribution < 1.29 is 45.1 Å². The van der Waals surface area contributed by atoms with Crippen molar-refractivity contribution in [1.82, 2.24) is 15.2 Å². The molecule has 3 heterocycles. The summed E-state index contributed by atoms with van der Waals surface area (Å²) in [6.45, 7) is 3.67. The summed E-state index contributed by atoms with van der Waals surface area (Å²) in [6, 6.07) is 2.20. The maximum absolute atomic E-state index is 14.8. The van der Waals surface area contributed by atoms with Gasteiger partial charge in [0.05, 0.1) is 24.8 Å². The summed E-state index contributed by atoms with van der Waals surface area (Å²) in [7, 11) is 0. The molecule has 0 radical (unpaired) electrons. The van der Waals surface area contributed by atoms with Crippen molar-refractivity contribution in [2.24, 2.45) is 11.8 Å². The molecule has 2 amide bonds. The summed E-state index contributed by atoms with van der Waals surface area (Å²) < 4.78 is 98.4. The van der Waals surface area contributed by atoms with Crippen molar-refractivity contribution in [3.63, 3.8) is 0 Å². The van der Waals surface area contributed by atoms with E-state index in [9.17, 15) is 40.3 Å². The van der Waals surface area contributed by atoms with Gasteiger partial charge < -0.3 is 15.0 Å². The third-order valence-electron chi connectivity index (χ3n) is 7.08. The fraction of sp³-hybridized carbons (Fsp3) is 0.480. The zero-order valence-corrected chi connectivity index (χ0v) is 20.2. The number of halogens is 7. The van der Waals surface area contributed by atoms with E-state index < -0.39 is 71.0 Å². The lowest BCUT2D eigenvalue weighted by molar-refractivity contribution is -0.141. The number of ether oxygens (including phenoxy) is 1. The molecule has 2 aromatic rings. The largest absolute Gasteiger partial charge is 0.433 e. The normalized spacial score (nSPS) is 23.2. The lowest BCUT2D eigenvalue weighted by Gasteiger charge is -2.36. The van der Waals surface area contributed by atoms with Gasteiger partial charge in [0, 0.05) is 17.5 Å². The number of nitrogens with one attached hydrogen (secondary N) is 1. The standard InChI is InChI=1S/C25H24F7N3O3/c1-12-8-19(35(13(12)2)23(37)18-4-3-5-20(33-18)25(30,31)32)22(36)34-21(14-10-38-11-14)16-7-6-15(9-17(16)26)24(27,28)29/h3-7,9,12-14,19,21H,8,10-11H2,1-2H3,(H,34,36)/t12-,13-,19-,21?/m1/s1. The predicted molar refractivity (Wildman–Crippen MR) is 119 cm³/mol. The quantitative estimate of drug-likeness (QED) is 0.535. The van der Waals surface area contributed by atoms with E-state index in [-0.39, 0.29) is 31.1 Å². The maximum atomic E-state index is 14.8. The van der Waals surface area contributed by atoms with E-state index in [0.29, 0.717) is 12.1 Å². The number of benzene rings is 1. The fourth-order valence-electron chi connectivity index (χ4n) is 4.73. The Morgan fingerprint density at radius 1 is 1.05 bits per heavy atom. The molecular formula is C25H24F7N3O3. The van der Waals surface area contributed by atoms with Gasteiger partial charge in [0.2, 0.25) is 5.91 Å². The first-order valence-electron chi connectivity index (χ1n) is 11.8. The van der Waals surface area contributed by atoms with Crippen LogP contribution in [-0.4, -0.2) is 47.0 Å². The Bertz CT molecular complexity index is 1210. The Morgan fingerprint density at radius 3 is 2.29 bits per heavy atom. The lowest BCUT2D eigenvalue weighted by atomic mass is 9.90. The Morgan fingerprint density at radius 2 is 1.74 bits per heavy atom. The maximum Gasteiger partial charge on any atom is 0.433 e. The average Bonchev–Trinajstić information content (AvgIpc) is 3.10. The van der Waals surface area contributed by atoms with Crippen LogP contribution in [0.25, 0.3) is 0 Å².